The van der Waals surface area contributed by atoms with Gasteiger partial charge in [-0.25, -0.2) is 0 Å². The molecule has 2 aromatic rings. The molecule has 2 atom stereocenters. The number of para-hydroxylation sites is 1. The van der Waals surface area contributed by atoms with Gasteiger partial charge in [-0.15, -0.1) is 0 Å². The molecule has 7 nitrogen and oxygen atoms in total. The van der Waals surface area contributed by atoms with E-state index in [1.807, 2.05) is 30.3 Å². The van der Waals surface area contributed by atoms with E-state index in [1.165, 1.54) is 0 Å². The largest absolute Gasteiger partial charge is 0.490 e. The fourth-order valence-corrected chi connectivity index (χ4v) is 4.06. The molecule has 28 heavy (non-hydrogen) atoms. The number of amides is 2. The predicted octanol–water partition coefficient (Wildman–Crippen LogP) is 1.16. The van der Waals surface area contributed by atoms with Crippen molar-refractivity contribution in [2.45, 2.75) is 12.1 Å². The Hall–Kier alpha value is -2.93. The van der Waals surface area contributed by atoms with Crippen LogP contribution in [0.3, 0.4) is 0 Å². The third-order valence-corrected chi connectivity index (χ3v) is 5.44. The van der Waals surface area contributed by atoms with Crippen molar-refractivity contribution < 1.29 is 14.3 Å². The lowest BCUT2D eigenvalue weighted by atomic mass is 9.86. The summed E-state index contributed by atoms with van der Waals surface area (Å²) in [6.07, 6.45) is 1.76. The molecule has 2 aliphatic heterocycles. The number of aromatic nitrogens is 1. The number of hydrogen-bond donors (Lipinski definition) is 1. The van der Waals surface area contributed by atoms with Crippen molar-refractivity contribution in [3.8, 4) is 5.75 Å². The summed E-state index contributed by atoms with van der Waals surface area (Å²) in [5, 5.41) is 3.14. The first kappa shape index (κ1) is 18.4. The molecule has 2 amide bonds. The Labute approximate surface area is 164 Å². The molecule has 2 aliphatic rings. The highest BCUT2D eigenvalue weighted by Gasteiger charge is 2.53. The van der Waals surface area contributed by atoms with Crippen molar-refractivity contribution in [2.24, 2.45) is 5.92 Å². The molecule has 1 aromatic carbocycles. The summed E-state index contributed by atoms with van der Waals surface area (Å²) in [4.78, 5) is 34.0. The molecule has 146 valence electrons. The quantitative estimate of drug-likeness (QED) is 0.865. The van der Waals surface area contributed by atoms with Gasteiger partial charge in [-0.05, 0) is 24.3 Å². The number of hydrogen-bond acceptors (Lipinski definition) is 5. The molecule has 1 aromatic heterocycles. The average Bonchev–Trinajstić information content (AvgIpc) is 2.96. The number of nitrogens with zero attached hydrogens (tertiary/aromatic N) is 3. The van der Waals surface area contributed by atoms with Crippen molar-refractivity contribution in [1.82, 2.24) is 20.1 Å². The van der Waals surface area contributed by atoms with Gasteiger partial charge in [0.05, 0.1) is 22.7 Å². The Bertz CT molecular complexity index is 886. The Kier molecular flexibility index (Phi) is 4.77. The summed E-state index contributed by atoms with van der Waals surface area (Å²) in [6, 6.07) is 13.0. The van der Waals surface area contributed by atoms with Gasteiger partial charge in [0, 0.05) is 39.9 Å². The van der Waals surface area contributed by atoms with Crippen molar-refractivity contribution in [2.75, 3.05) is 33.8 Å². The first-order valence-electron chi connectivity index (χ1n) is 9.36. The second kappa shape index (κ2) is 7.24. The lowest BCUT2D eigenvalue weighted by molar-refractivity contribution is -0.134. The van der Waals surface area contributed by atoms with E-state index in [9.17, 15) is 9.59 Å². The second-order valence-corrected chi connectivity index (χ2v) is 7.67. The van der Waals surface area contributed by atoms with Crippen LogP contribution in [0.15, 0.2) is 48.7 Å². The third kappa shape index (κ3) is 3.33. The topological polar surface area (TPSA) is 74.8 Å². The predicted molar refractivity (Wildman–Crippen MR) is 104 cm³/mol. The maximum absolute atomic E-state index is 13.0. The molecule has 1 fully saturated rings. The van der Waals surface area contributed by atoms with Gasteiger partial charge in [-0.3, -0.25) is 19.5 Å². The van der Waals surface area contributed by atoms with Gasteiger partial charge in [-0.1, -0.05) is 18.2 Å². The van der Waals surface area contributed by atoms with Crippen LogP contribution in [-0.4, -0.2) is 65.9 Å². The Morgan fingerprint density at radius 3 is 2.82 bits per heavy atom. The smallest absolute Gasteiger partial charge is 0.255 e. The van der Waals surface area contributed by atoms with Crippen LogP contribution in [0, 0.1) is 5.92 Å². The molecule has 1 N–H and O–H groups in total. The van der Waals surface area contributed by atoms with E-state index in [4.69, 9.17) is 4.74 Å². The number of nitrogens with one attached hydrogen (secondary N) is 1. The zero-order chi connectivity index (χ0) is 19.7. The molecule has 3 heterocycles. The summed E-state index contributed by atoms with van der Waals surface area (Å²) in [7, 11) is 3.48. The SMILES string of the molecule is CN(C)C(=O)[C@H]1CN(Cc2ccccn2)C[C@@]12COc1ccccc1C(=O)N2. The standard InChI is InChI=1S/C21H24N4O3/c1-24(2)20(27)17-12-25(11-15-7-5-6-10-22-15)13-21(17)14-28-18-9-4-3-8-16(18)19(26)23-21/h3-10,17H,11-14H2,1-2H3,(H,23,26)/t17-,21-/m1/s1. The molecule has 0 bridgehead atoms. The Morgan fingerprint density at radius 2 is 2.07 bits per heavy atom. The lowest BCUT2D eigenvalue weighted by Crippen LogP contribution is -2.60. The zero-order valence-corrected chi connectivity index (χ0v) is 16.1. The van der Waals surface area contributed by atoms with Gasteiger partial charge in [-0.2, -0.15) is 0 Å². The van der Waals surface area contributed by atoms with E-state index < -0.39 is 11.5 Å². The molecule has 1 saturated heterocycles. The van der Waals surface area contributed by atoms with Gasteiger partial charge < -0.3 is 15.0 Å². The number of pyridine rings is 1. The lowest BCUT2D eigenvalue weighted by Gasteiger charge is -2.34. The van der Waals surface area contributed by atoms with Crippen LogP contribution in [0.1, 0.15) is 16.1 Å². The van der Waals surface area contributed by atoms with Crippen molar-refractivity contribution >= 4 is 11.8 Å². The van der Waals surface area contributed by atoms with E-state index in [0.29, 0.717) is 30.9 Å². The fraction of sp³-hybridized carbons (Fsp3) is 0.381. The second-order valence-electron chi connectivity index (χ2n) is 7.67. The summed E-state index contributed by atoms with van der Waals surface area (Å²) in [5.74, 6) is -0.0664. The maximum Gasteiger partial charge on any atom is 0.255 e. The minimum Gasteiger partial charge on any atom is -0.490 e. The van der Waals surface area contributed by atoms with Crippen LogP contribution in [0.2, 0.25) is 0 Å². The number of likely N-dealkylation sites (tertiary alicyclic amines) is 1. The molecule has 1 spiro atoms. The van der Waals surface area contributed by atoms with E-state index in [-0.39, 0.29) is 18.4 Å². The summed E-state index contributed by atoms with van der Waals surface area (Å²) < 4.78 is 6.02. The van der Waals surface area contributed by atoms with Crippen molar-refractivity contribution in [1.29, 1.82) is 0 Å². The normalized spacial score (nSPS) is 24.2. The highest BCUT2D eigenvalue weighted by Crippen LogP contribution is 2.34. The van der Waals surface area contributed by atoms with E-state index in [0.717, 1.165) is 5.69 Å². The van der Waals surface area contributed by atoms with E-state index in [2.05, 4.69) is 15.2 Å². The van der Waals surface area contributed by atoms with E-state index in [1.54, 1.807) is 37.3 Å². The Morgan fingerprint density at radius 1 is 1.29 bits per heavy atom. The Balaban J connectivity index is 1.64. The molecule has 4 rings (SSSR count). The van der Waals surface area contributed by atoms with Gasteiger partial charge in [0.1, 0.15) is 12.4 Å². The first-order chi connectivity index (χ1) is 13.5. The number of fused-ring (bicyclic) bond motifs is 1. The number of carbonyl (C=O) groups excluding carboxylic acids is 2. The van der Waals surface area contributed by atoms with E-state index >= 15 is 0 Å². The number of ether oxygens (including phenoxy) is 1. The zero-order valence-electron chi connectivity index (χ0n) is 16.1. The fourth-order valence-electron chi connectivity index (χ4n) is 4.06. The molecule has 0 saturated carbocycles. The molecule has 0 unspecified atom stereocenters. The van der Waals surface area contributed by atoms with Gasteiger partial charge >= 0.3 is 0 Å². The van der Waals surface area contributed by atoms with Crippen molar-refractivity contribution in [3.63, 3.8) is 0 Å². The van der Waals surface area contributed by atoms with Gasteiger partial charge in [0.2, 0.25) is 5.91 Å². The number of carbonyl (C=O) groups is 2. The van der Waals surface area contributed by atoms with Gasteiger partial charge in [0.25, 0.3) is 5.91 Å². The number of rotatable bonds is 3. The molecular weight excluding hydrogens is 356 g/mol. The average molecular weight is 380 g/mol. The summed E-state index contributed by atoms with van der Waals surface area (Å²) >= 11 is 0. The summed E-state index contributed by atoms with van der Waals surface area (Å²) in [6.45, 7) is 1.92. The molecular formula is C21H24N4O3. The minimum atomic E-state index is -0.785. The van der Waals surface area contributed by atoms with Crippen LogP contribution < -0.4 is 10.1 Å². The molecule has 0 aliphatic carbocycles. The highest BCUT2D eigenvalue weighted by atomic mass is 16.5. The summed E-state index contributed by atoms with van der Waals surface area (Å²) in [5.41, 5.74) is 0.644. The van der Waals surface area contributed by atoms with Crippen LogP contribution in [0.4, 0.5) is 0 Å². The third-order valence-electron chi connectivity index (χ3n) is 5.44. The van der Waals surface area contributed by atoms with Crippen LogP contribution in [0.5, 0.6) is 5.75 Å². The monoisotopic (exact) mass is 380 g/mol. The van der Waals surface area contributed by atoms with Crippen LogP contribution in [-0.2, 0) is 11.3 Å². The first-order valence-corrected chi connectivity index (χ1v) is 9.36. The van der Waals surface area contributed by atoms with Crippen LogP contribution >= 0.6 is 0 Å². The van der Waals surface area contributed by atoms with Crippen LogP contribution in [0.25, 0.3) is 0 Å². The molecule has 0 radical (unpaired) electrons. The van der Waals surface area contributed by atoms with Gasteiger partial charge in [0.15, 0.2) is 0 Å². The minimum absolute atomic E-state index is 0.0154. The highest BCUT2D eigenvalue weighted by molar-refractivity contribution is 5.98. The van der Waals surface area contributed by atoms with Crippen molar-refractivity contribution in [3.05, 3.63) is 59.9 Å². The maximum atomic E-state index is 13.0. The number of benzene rings is 1. The molecule has 7 heteroatoms.